The molecule has 0 aromatic carbocycles. The van der Waals surface area contributed by atoms with Gasteiger partial charge >= 0.3 is 6.18 Å². The second-order valence-electron chi connectivity index (χ2n) is 5.10. The van der Waals surface area contributed by atoms with Gasteiger partial charge in [-0.25, -0.2) is 4.98 Å². The fourth-order valence-electron chi connectivity index (χ4n) is 1.53. The lowest BCUT2D eigenvalue weighted by Gasteiger charge is -2.12. The number of thioether (sulfide) groups is 1. The zero-order valence-corrected chi connectivity index (χ0v) is 13.2. The lowest BCUT2D eigenvalue weighted by Crippen LogP contribution is -2.28. The standard InChI is InChI=1S/C14H16F3N3OS/c1-8(2)6-19-12(21)7-22-13-10(5-18)9(3)4-11(20-13)14(15,16)17/h4,8H,6-7H2,1-3H3,(H,19,21). The molecule has 1 rings (SSSR count). The number of hydrogen-bond acceptors (Lipinski definition) is 4. The summed E-state index contributed by atoms with van der Waals surface area (Å²) in [6, 6.07) is 2.67. The van der Waals surface area contributed by atoms with Gasteiger partial charge in [0.05, 0.1) is 11.3 Å². The van der Waals surface area contributed by atoms with E-state index in [-0.39, 0.29) is 33.7 Å². The molecule has 0 fully saturated rings. The van der Waals surface area contributed by atoms with Crippen molar-refractivity contribution in [3.63, 3.8) is 0 Å². The smallest absolute Gasteiger partial charge is 0.355 e. The van der Waals surface area contributed by atoms with Crippen LogP contribution in [0.1, 0.15) is 30.7 Å². The molecule has 0 aliphatic rings. The van der Waals surface area contributed by atoms with Crippen LogP contribution in [0.5, 0.6) is 0 Å². The Morgan fingerprint density at radius 1 is 1.50 bits per heavy atom. The van der Waals surface area contributed by atoms with Gasteiger partial charge < -0.3 is 5.32 Å². The summed E-state index contributed by atoms with van der Waals surface area (Å²) < 4.78 is 38.3. The molecule has 0 saturated heterocycles. The molecule has 0 aliphatic heterocycles. The highest BCUT2D eigenvalue weighted by Gasteiger charge is 2.34. The van der Waals surface area contributed by atoms with Crippen LogP contribution in [-0.2, 0) is 11.0 Å². The van der Waals surface area contributed by atoms with Crippen LogP contribution >= 0.6 is 11.8 Å². The molecule has 0 unspecified atom stereocenters. The normalized spacial score (nSPS) is 11.4. The minimum atomic E-state index is -4.59. The molecule has 1 aromatic heterocycles. The van der Waals surface area contributed by atoms with Gasteiger partial charge in [0, 0.05) is 6.54 Å². The molecule has 4 nitrogen and oxygen atoms in total. The van der Waals surface area contributed by atoms with E-state index in [9.17, 15) is 18.0 Å². The average molecular weight is 331 g/mol. The molecule has 120 valence electrons. The molecule has 0 atom stereocenters. The van der Waals surface area contributed by atoms with Crippen LogP contribution in [0.3, 0.4) is 0 Å². The molecular weight excluding hydrogens is 315 g/mol. The number of aryl methyl sites for hydroxylation is 1. The van der Waals surface area contributed by atoms with Crippen molar-refractivity contribution < 1.29 is 18.0 Å². The van der Waals surface area contributed by atoms with Crippen LogP contribution in [0.4, 0.5) is 13.2 Å². The number of rotatable bonds is 5. The fraction of sp³-hybridized carbons (Fsp3) is 0.500. The van der Waals surface area contributed by atoms with E-state index in [1.54, 1.807) is 0 Å². The number of carbonyl (C=O) groups is 1. The van der Waals surface area contributed by atoms with Crippen molar-refractivity contribution >= 4 is 17.7 Å². The van der Waals surface area contributed by atoms with Crippen molar-refractivity contribution in [2.75, 3.05) is 12.3 Å². The van der Waals surface area contributed by atoms with E-state index in [0.29, 0.717) is 6.54 Å². The Morgan fingerprint density at radius 2 is 2.14 bits per heavy atom. The highest BCUT2D eigenvalue weighted by Crippen LogP contribution is 2.32. The second kappa shape index (κ2) is 7.49. The van der Waals surface area contributed by atoms with E-state index in [4.69, 9.17) is 5.26 Å². The van der Waals surface area contributed by atoms with E-state index in [2.05, 4.69) is 10.3 Å². The third-order valence-corrected chi connectivity index (χ3v) is 3.61. The van der Waals surface area contributed by atoms with E-state index >= 15 is 0 Å². The Labute approximate surface area is 131 Å². The third kappa shape index (κ3) is 5.22. The number of nitrogens with zero attached hydrogens (tertiary/aromatic N) is 2. The number of alkyl halides is 3. The maximum absolute atomic E-state index is 12.8. The van der Waals surface area contributed by atoms with Crippen molar-refractivity contribution in [3.05, 3.63) is 22.9 Å². The van der Waals surface area contributed by atoms with Gasteiger partial charge in [-0.05, 0) is 24.5 Å². The van der Waals surface area contributed by atoms with Crippen molar-refractivity contribution in [2.45, 2.75) is 32.0 Å². The number of pyridine rings is 1. The Hall–Kier alpha value is -1.75. The van der Waals surface area contributed by atoms with Gasteiger partial charge in [-0.2, -0.15) is 18.4 Å². The van der Waals surface area contributed by atoms with Gasteiger partial charge in [-0.1, -0.05) is 25.6 Å². The van der Waals surface area contributed by atoms with Gasteiger partial charge in [0.1, 0.15) is 16.8 Å². The Kier molecular flexibility index (Phi) is 6.23. The highest BCUT2D eigenvalue weighted by molar-refractivity contribution is 8.00. The van der Waals surface area contributed by atoms with Crippen LogP contribution in [0.15, 0.2) is 11.1 Å². The van der Waals surface area contributed by atoms with Gasteiger partial charge in [0.25, 0.3) is 0 Å². The number of nitrogens with one attached hydrogen (secondary N) is 1. The predicted octanol–water partition coefficient (Wildman–Crippen LogP) is 3.14. The van der Waals surface area contributed by atoms with Crippen LogP contribution in [-0.4, -0.2) is 23.2 Å². The number of halogens is 3. The Balaban J connectivity index is 2.91. The first-order chi connectivity index (χ1) is 10.1. The molecule has 1 N–H and O–H groups in total. The van der Waals surface area contributed by atoms with E-state index in [1.165, 1.54) is 6.92 Å². The molecule has 0 spiro atoms. The second-order valence-corrected chi connectivity index (χ2v) is 6.06. The first kappa shape index (κ1) is 18.3. The fourth-order valence-corrected chi connectivity index (χ4v) is 2.42. The monoisotopic (exact) mass is 331 g/mol. The number of amides is 1. The largest absolute Gasteiger partial charge is 0.433 e. The van der Waals surface area contributed by atoms with Crippen LogP contribution < -0.4 is 5.32 Å². The summed E-state index contributed by atoms with van der Waals surface area (Å²) >= 11 is 0.830. The predicted molar refractivity (Wildman–Crippen MR) is 77.3 cm³/mol. The van der Waals surface area contributed by atoms with E-state index in [0.717, 1.165) is 17.8 Å². The summed E-state index contributed by atoms with van der Waals surface area (Å²) in [7, 11) is 0. The zero-order chi connectivity index (χ0) is 16.9. The maximum Gasteiger partial charge on any atom is 0.433 e. The lowest BCUT2D eigenvalue weighted by atomic mass is 10.1. The minimum absolute atomic E-state index is 0.0645. The van der Waals surface area contributed by atoms with Crippen LogP contribution in [0.2, 0.25) is 0 Å². The third-order valence-electron chi connectivity index (χ3n) is 2.63. The molecular formula is C14H16F3N3OS. The first-order valence-corrected chi connectivity index (χ1v) is 7.52. The summed E-state index contributed by atoms with van der Waals surface area (Å²) in [6.45, 7) is 5.76. The lowest BCUT2D eigenvalue weighted by molar-refractivity contribution is -0.141. The maximum atomic E-state index is 12.8. The number of hydrogen-bond donors (Lipinski definition) is 1. The van der Waals surface area contributed by atoms with E-state index in [1.807, 2.05) is 19.9 Å². The van der Waals surface area contributed by atoms with Crippen molar-refractivity contribution in [2.24, 2.45) is 5.92 Å². The van der Waals surface area contributed by atoms with E-state index < -0.39 is 11.9 Å². The molecule has 1 amide bonds. The first-order valence-electron chi connectivity index (χ1n) is 6.53. The SMILES string of the molecule is Cc1cc(C(F)(F)F)nc(SCC(=O)NCC(C)C)c1C#N. The molecule has 1 heterocycles. The van der Waals surface area contributed by atoms with Crippen LogP contribution in [0.25, 0.3) is 0 Å². The summed E-state index contributed by atoms with van der Waals surface area (Å²) in [4.78, 5) is 15.1. The molecule has 1 aromatic rings. The molecule has 8 heteroatoms. The summed E-state index contributed by atoms with van der Waals surface area (Å²) in [5.74, 6) is -0.119. The summed E-state index contributed by atoms with van der Waals surface area (Å²) in [6.07, 6.45) is -4.59. The van der Waals surface area contributed by atoms with Crippen molar-refractivity contribution in [3.8, 4) is 6.07 Å². The van der Waals surface area contributed by atoms with Crippen molar-refractivity contribution in [1.29, 1.82) is 5.26 Å². The average Bonchev–Trinajstić information content (AvgIpc) is 2.41. The van der Waals surface area contributed by atoms with Crippen molar-refractivity contribution in [1.82, 2.24) is 10.3 Å². The van der Waals surface area contributed by atoms with Gasteiger partial charge in [0.2, 0.25) is 5.91 Å². The quantitative estimate of drug-likeness (QED) is 0.842. The zero-order valence-electron chi connectivity index (χ0n) is 12.4. The molecule has 22 heavy (non-hydrogen) atoms. The number of aromatic nitrogens is 1. The Morgan fingerprint density at radius 3 is 2.64 bits per heavy atom. The van der Waals surface area contributed by atoms with Crippen LogP contribution in [0, 0.1) is 24.2 Å². The van der Waals surface area contributed by atoms with Gasteiger partial charge in [0.15, 0.2) is 0 Å². The molecule has 0 aliphatic carbocycles. The minimum Gasteiger partial charge on any atom is -0.355 e. The summed E-state index contributed by atoms with van der Waals surface area (Å²) in [5, 5.41) is 11.6. The van der Waals surface area contributed by atoms with Gasteiger partial charge in [-0.15, -0.1) is 0 Å². The number of nitriles is 1. The topological polar surface area (TPSA) is 65.8 Å². The summed E-state index contributed by atoms with van der Waals surface area (Å²) in [5.41, 5.74) is -0.807. The molecule has 0 radical (unpaired) electrons. The molecule has 0 bridgehead atoms. The highest BCUT2D eigenvalue weighted by atomic mass is 32.2. The van der Waals surface area contributed by atoms with Gasteiger partial charge in [-0.3, -0.25) is 4.79 Å². The number of carbonyl (C=O) groups excluding carboxylic acids is 1. The molecule has 0 saturated carbocycles. The Bertz CT molecular complexity index is 594.